The van der Waals surface area contributed by atoms with Crippen molar-refractivity contribution in [2.24, 2.45) is 0 Å². The van der Waals surface area contributed by atoms with Gasteiger partial charge in [-0.1, -0.05) is 25.7 Å². The Labute approximate surface area is 280 Å². The summed E-state index contributed by atoms with van der Waals surface area (Å²) in [5.74, 6) is 0.189. The van der Waals surface area contributed by atoms with Gasteiger partial charge in [0.15, 0.2) is 6.10 Å². The molecule has 6 atom stereocenters. The van der Waals surface area contributed by atoms with Gasteiger partial charge >= 0.3 is 18.4 Å². The molecule has 10 nitrogen and oxygen atoms in total. The molecule has 1 saturated heterocycles. The van der Waals surface area contributed by atoms with Crippen LogP contribution < -0.4 is 10.0 Å². The van der Waals surface area contributed by atoms with Gasteiger partial charge in [-0.2, -0.15) is 26.3 Å². The molecule has 48 heavy (non-hydrogen) atoms. The van der Waals surface area contributed by atoms with Crippen molar-refractivity contribution in [3.05, 3.63) is 29.6 Å². The van der Waals surface area contributed by atoms with E-state index in [-0.39, 0.29) is 19.2 Å². The highest BCUT2D eigenvalue weighted by molar-refractivity contribution is 7.84. The van der Waals surface area contributed by atoms with Crippen molar-refractivity contribution in [1.82, 2.24) is 24.5 Å². The van der Waals surface area contributed by atoms with Crippen molar-refractivity contribution in [3.63, 3.8) is 0 Å². The van der Waals surface area contributed by atoms with E-state index >= 15 is 0 Å². The van der Waals surface area contributed by atoms with Gasteiger partial charge in [0.1, 0.15) is 24.6 Å². The number of carbonyl (C=O) groups is 1. The highest BCUT2D eigenvalue weighted by atomic mass is 32.2. The lowest BCUT2D eigenvalue weighted by atomic mass is 10.1. The fourth-order valence-corrected chi connectivity index (χ4v) is 6.58. The highest BCUT2D eigenvalue weighted by Gasteiger charge is 2.48. The third kappa shape index (κ3) is 10.4. The number of rotatable bonds is 15. The van der Waals surface area contributed by atoms with Crippen molar-refractivity contribution in [1.29, 1.82) is 0 Å². The SMILES string of the molecule is COC[C@H](c1ccc2c(c1)nc([C@@H](NS(=O)C(C)(C)C)[C@@H](C)O[C@@H](C)C(F)(F)F)n2COCC[Si](C)(C)C)N1C[C@@H](C(F)(F)F)NC1=O. The molecule has 3 rings (SSSR count). The van der Waals surface area contributed by atoms with Crippen LogP contribution in [0.1, 0.15) is 58.1 Å². The first-order valence-corrected chi connectivity index (χ1v) is 20.4. The van der Waals surface area contributed by atoms with Crippen molar-refractivity contribution in [3.8, 4) is 0 Å². The van der Waals surface area contributed by atoms with Crippen LogP contribution in [0.3, 0.4) is 0 Å². The zero-order valence-electron chi connectivity index (χ0n) is 28.7. The summed E-state index contributed by atoms with van der Waals surface area (Å²) in [6.45, 7) is 13.6. The number of alkyl halides is 6. The smallest absolute Gasteiger partial charge is 0.382 e. The number of nitrogens with one attached hydrogen (secondary N) is 2. The Morgan fingerprint density at radius 3 is 2.29 bits per heavy atom. The Morgan fingerprint density at radius 1 is 1.12 bits per heavy atom. The van der Waals surface area contributed by atoms with Crippen LogP contribution in [0.15, 0.2) is 18.2 Å². The molecule has 274 valence electrons. The number of urea groups is 1. The van der Waals surface area contributed by atoms with Crippen LogP contribution in [0.5, 0.6) is 0 Å². The number of methoxy groups -OCH3 is 1. The molecule has 2 aromatic rings. The minimum Gasteiger partial charge on any atom is -0.382 e. The number of aromatic nitrogens is 2. The predicted molar refractivity (Wildman–Crippen MR) is 173 cm³/mol. The third-order valence-electron chi connectivity index (χ3n) is 7.85. The molecule has 0 radical (unpaired) electrons. The quantitative estimate of drug-likeness (QED) is 0.124. The number of amides is 2. The fraction of sp³-hybridized carbons (Fsp3) is 0.733. The molecule has 1 fully saturated rings. The van der Waals surface area contributed by atoms with Gasteiger partial charge in [0, 0.05) is 21.8 Å². The first-order chi connectivity index (χ1) is 21.9. The lowest BCUT2D eigenvalue weighted by Gasteiger charge is -2.30. The molecule has 1 aliphatic heterocycles. The summed E-state index contributed by atoms with van der Waals surface area (Å²) < 4.78 is 115. The van der Waals surface area contributed by atoms with Crippen LogP contribution in [-0.2, 0) is 31.9 Å². The summed E-state index contributed by atoms with van der Waals surface area (Å²) in [5.41, 5.74) is 1.26. The Morgan fingerprint density at radius 2 is 1.77 bits per heavy atom. The van der Waals surface area contributed by atoms with E-state index in [1.165, 1.54) is 14.0 Å². The second-order valence-electron chi connectivity index (χ2n) is 14.2. The predicted octanol–water partition coefficient (Wildman–Crippen LogP) is 6.44. The van der Waals surface area contributed by atoms with Gasteiger partial charge in [0.25, 0.3) is 0 Å². The van der Waals surface area contributed by atoms with Crippen LogP contribution in [0.2, 0.25) is 25.7 Å². The fourth-order valence-electron chi connectivity index (χ4n) is 4.94. The number of benzene rings is 1. The van der Waals surface area contributed by atoms with Gasteiger partial charge in [-0.25, -0.2) is 18.7 Å². The van der Waals surface area contributed by atoms with Crippen LogP contribution >= 0.6 is 0 Å². The van der Waals surface area contributed by atoms with E-state index in [1.807, 2.05) is 5.32 Å². The summed E-state index contributed by atoms with van der Waals surface area (Å²) in [6.07, 6.45) is -12.6. The Bertz CT molecular complexity index is 1430. The van der Waals surface area contributed by atoms with E-state index in [9.17, 15) is 35.3 Å². The number of hydrogen-bond acceptors (Lipinski definition) is 6. The van der Waals surface area contributed by atoms with E-state index in [0.717, 1.165) is 17.9 Å². The second-order valence-corrected chi connectivity index (χ2v) is 21.8. The van der Waals surface area contributed by atoms with Gasteiger partial charge in [-0.15, -0.1) is 0 Å². The summed E-state index contributed by atoms with van der Waals surface area (Å²) in [5, 5.41) is 1.97. The monoisotopic (exact) mass is 731 g/mol. The lowest BCUT2D eigenvalue weighted by molar-refractivity contribution is -0.227. The van der Waals surface area contributed by atoms with Crippen LogP contribution in [0.25, 0.3) is 11.0 Å². The Kier molecular flexibility index (Phi) is 12.8. The van der Waals surface area contributed by atoms with Crippen molar-refractivity contribution in [2.45, 2.75) is 114 Å². The molecule has 0 aliphatic carbocycles. The average Bonchev–Trinajstić information content (AvgIpc) is 3.50. The number of halogens is 6. The number of imidazole rings is 1. The molecule has 2 N–H and O–H groups in total. The molecule has 1 unspecified atom stereocenters. The number of hydrogen-bond donors (Lipinski definition) is 2. The van der Waals surface area contributed by atoms with Crippen molar-refractivity contribution in [2.75, 3.05) is 26.9 Å². The number of ether oxygens (including phenoxy) is 3. The van der Waals surface area contributed by atoms with E-state index in [2.05, 4.69) is 24.4 Å². The van der Waals surface area contributed by atoms with Gasteiger partial charge in [0.05, 0.1) is 52.1 Å². The first-order valence-electron chi connectivity index (χ1n) is 15.5. The van der Waals surface area contributed by atoms with Crippen LogP contribution in [0, 0.1) is 0 Å². The summed E-state index contributed by atoms with van der Waals surface area (Å²) in [6, 6.07) is 0.741. The maximum atomic E-state index is 13.6. The van der Waals surface area contributed by atoms with Gasteiger partial charge < -0.3 is 29.0 Å². The normalized spacial score (nSPS) is 19.8. The second kappa shape index (κ2) is 15.3. The molecule has 0 saturated carbocycles. The molecule has 0 spiro atoms. The van der Waals surface area contributed by atoms with Gasteiger partial charge in [-0.05, 0) is 58.4 Å². The van der Waals surface area contributed by atoms with Gasteiger partial charge in [-0.3, -0.25) is 0 Å². The largest absolute Gasteiger partial charge is 0.414 e. The maximum Gasteiger partial charge on any atom is 0.414 e. The molecule has 2 heterocycles. The van der Waals surface area contributed by atoms with Gasteiger partial charge in [0.2, 0.25) is 0 Å². The first kappa shape index (κ1) is 40.2. The van der Waals surface area contributed by atoms with Crippen LogP contribution in [-0.4, -0.2) is 95.0 Å². The maximum absolute atomic E-state index is 13.6. The van der Waals surface area contributed by atoms with Crippen molar-refractivity contribution < 1.29 is 49.6 Å². The molecule has 1 aliphatic rings. The summed E-state index contributed by atoms with van der Waals surface area (Å²) in [4.78, 5) is 18.5. The third-order valence-corrected chi connectivity index (χ3v) is 11.1. The molecule has 2 amide bonds. The number of fused-ring (bicyclic) bond motifs is 1. The molecular weight excluding hydrogens is 685 g/mol. The zero-order valence-corrected chi connectivity index (χ0v) is 30.5. The van der Waals surface area contributed by atoms with E-state index in [1.54, 1.807) is 43.5 Å². The minimum atomic E-state index is -4.65. The van der Waals surface area contributed by atoms with Crippen molar-refractivity contribution >= 4 is 36.1 Å². The highest BCUT2D eigenvalue weighted by Crippen LogP contribution is 2.34. The standard InChI is InChI=1S/C30H47F6N5O5SSi/c1-18(46-19(2)29(31,32)33)25(39-47(43)28(3,4)5)26-37-21-14-20(10-11-22(21)41(26)17-45-12-13-48(7,8)9)23(16-44-6)40-15-24(30(34,35)36)38-27(40)42/h10-11,14,18-19,23-25,39H,12-13,15-17H2,1-9H3,(H,38,42)/t18-,19+,23-,24+,25+,47?/m1/s1. The number of nitrogens with zero attached hydrogens (tertiary/aromatic N) is 3. The summed E-state index contributed by atoms with van der Waals surface area (Å²) >= 11 is 0. The van der Waals surface area contributed by atoms with E-state index in [0.29, 0.717) is 23.2 Å². The van der Waals surface area contributed by atoms with Crippen LogP contribution in [0.4, 0.5) is 31.1 Å². The summed E-state index contributed by atoms with van der Waals surface area (Å²) in [7, 11) is -1.88. The molecule has 1 aromatic carbocycles. The zero-order chi connectivity index (χ0) is 36.4. The molecular formula is C30H47F6N5O5SSi. The lowest BCUT2D eigenvalue weighted by Crippen LogP contribution is -2.43. The molecule has 1 aromatic heterocycles. The number of carbonyl (C=O) groups excluding carboxylic acids is 1. The topological polar surface area (TPSA) is 107 Å². The molecule has 18 heteroatoms. The van der Waals surface area contributed by atoms with E-state index < -0.39 is 79.1 Å². The average molecular weight is 732 g/mol. The minimum absolute atomic E-state index is 0.0408. The van der Waals surface area contributed by atoms with E-state index in [4.69, 9.17) is 19.2 Å². The Hall–Kier alpha value is -2.25. The Balaban J connectivity index is 2.14. The molecule has 0 bridgehead atoms.